The zero-order valence-corrected chi connectivity index (χ0v) is 14.6. The fourth-order valence-electron chi connectivity index (χ4n) is 2.81. The lowest BCUT2D eigenvalue weighted by molar-refractivity contribution is -0.122. The van der Waals surface area contributed by atoms with Crippen LogP contribution in [0.3, 0.4) is 0 Å². The molecule has 1 aliphatic heterocycles. The summed E-state index contributed by atoms with van der Waals surface area (Å²) in [4.78, 5) is 25.5. The Hall–Kier alpha value is -2.78. The molecule has 4 nitrogen and oxygen atoms in total. The molecule has 1 aromatic carbocycles. The number of halogens is 1. The number of aromatic nitrogens is 1. The van der Waals surface area contributed by atoms with Crippen molar-refractivity contribution in [2.75, 3.05) is 6.54 Å². The van der Waals surface area contributed by atoms with Gasteiger partial charge in [-0.1, -0.05) is 18.1 Å². The highest BCUT2D eigenvalue weighted by Crippen LogP contribution is 2.33. The fourth-order valence-corrected chi connectivity index (χ4v) is 3.64. The number of terminal acetylenes is 1. The number of hydrogen-bond donors (Lipinski definition) is 0. The molecule has 0 spiro atoms. The van der Waals surface area contributed by atoms with Crippen molar-refractivity contribution in [1.82, 2.24) is 9.47 Å². The van der Waals surface area contributed by atoms with E-state index in [4.69, 9.17) is 6.42 Å². The van der Waals surface area contributed by atoms with Gasteiger partial charge in [-0.2, -0.15) is 0 Å². The number of para-hydroxylation sites is 1. The minimum absolute atomic E-state index is 0.0454. The van der Waals surface area contributed by atoms with Crippen molar-refractivity contribution in [3.8, 4) is 18.0 Å². The quantitative estimate of drug-likeness (QED) is 0.620. The van der Waals surface area contributed by atoms with Gasteiger partial charge in [0.15, 0.2) is 0 Å². The molecule has 1 saturated heterocycles. The third kappa shape index (κ3) is 2.99. The van der Waals surface area contributed by atoms with Crippen LogP contribution in [0.25, 0.3) is 11.8 Å². The molecule has 3 rings (SSSR count). The van der Waals surface area contributed by atoms with Crippen molar-refractivity contribution < 1.29 is 14.0 Å². The number of nitrogens with zero attached hydrogens (tertiary/aromatic N) is 2. The van der Waals surface area contributed by atoms with Crippen LogP contribution in [0.1, 0.15) is 17.0 Å². The van der Waals surface area contributed by atoms with Gasteiger partial charge in [-0.25, -0.2) is 4.39 Å². The van der Waals surface area contributed by atoms with Gasteiger partial charge in [-0.15, -0.1) is 6.42 Å². The molecule has 126 valence electrons. The zero-order valence-electron chi connectivity index (χ0n) is 13.7. The summed E-state index contributed by atoms with van der Waals surface area (Å²) in [6.45, 7) is 3.66. The van der Waals surface area contributed by atoms with Crippen molar-refractivity contribution in [3.05, 3.63) is 58.0 Å². The lowest BCUT2D eigenvalue weighted by Gasteiger charge is -2.10. The summed E-state index contributed by atoms with van der Waals surface area (Å²) in [7, 11) is 0. The lowest BCUT2D eigenvalue weighted by atomic mass is 10.2. The van der Waals surface area contributed by atoms with E-state index in [0.29, 0.717) is 10.6 Å². The number of imide groups is 1. The Kier molecular flexibility index (Phi) is 4.51. The van der Waals surface area contributed by atoms with Gasteiger partial charge in [-0.3, -0.25) is 14.5 Å². The number of amides is 2. The number of thioether (sulfide) groups is 1. The van der Waals surface area contributed by atoms with E-state index in [1.807, 2.05) is 19.9 Å². The minimum atomic E-state index is -0.399. The van der Waals surface area contributed by atoms with Crippen molar-refractivity contribution in [1.29, 1.82) is 0 Å². The van der Waals surface area contributed by atoms with E-state index in [-0.39, 0.29) is 17.6 Å². The standard InChI is InChI=1S/C19H15FN2O2S/c1-4-9-21-18(23)17(25-19(21)24)11-14-10-12(2)22(13(14)3)16-8-6-5-7-15(16)20/h1,5-8,10-11H,9H2,2-3H3/b17-11+. The Morgan fingerprint density at radius 1 is 1.28 bits per heavy atom. The molecule has 0 bridgehead atoms. The number of carbonyl (C=O) groups is 2. The first-order valence-corrected chi connectivity index (χ1v) is 8.38. The van der Waals surface area contributed by atoms with Crippen LogP contribution in [-0.2, 0) is 4.79 Å². The van der Waals surface area contributed by atoms with E-state index in [1.165, 1.54) is 6.07 Å². The first kappa shape index (κ1) is 17.1. The zero-order chi connectivity index (χ0) is 18.1. The molecule has 2 heterocycles. The molecule has 0 atom stereocenters. The van der Waals surface area contributed by atoms with Gasteiger partial charge < -0.3 is 4.57 Å². The van der Waals surface area contributed by atoms with Crippen LogP contribution in [0.4, 0.5) is 9.18 Å². The third-order valence-electron chi connectivity index (χ3n) is 3.97. The van der Waals surface area contributed by atoms with E-state index in [1.54, 1.807) is 28.8 Å². The SMILES string of the molecule is C#CCN1C(=O)S/C(=C/c2cc(C)n(-c3ccccc3F)c2C)C1=O. The summed E-state index contributed by atoms with van der Waals surface area (Å²) in [5, 5.41) is -0.378. The average Bonchev–Trinajstić information content (AvgIpc) is 2.99. The first-order chi connectivity index (χ1) is 11.9. The molecule has 25 heavy (non-hydrogen) atoms. The van der Waals surface area contributed by atoms with Crippen LogP contribution >= 0.6 is 11.8 Å². The van der Waals surface area contributed by atoms with Gasteiger partial charge in [0.25, 0.3) is 11.1 Å². The topological polar surface area (TPSA) is 42.3 Å². The summed E-state index contributed by atoms with van der Waals surface area (Å²) in [6, 6.07) is 8.35. The third-order valence-corrected chi connectivity index (χ3v) is 4.88. The maximum absolute atomic E-state index is 14.1. The van der Waals surface area contributed by atoms with Crippen LogP contribution in [0.2, 0.25) is 0 Å². The molecule has 2 aromatic rings. The molecule has 2 amide bonds. The number of rotatable bonds is 3. The second-order valence-electron chi connectivity index (χ2n) is 5.59. The average molecular weight is 354 g/mol. The normalized spacial score (nSPS) is 15.9. The van der Waals surface area contributed by atoms with Crippen LogP contribution in [-0.4, -0.2) is 27.2 Å². The van der Waals surface area contributed by atoms with Crippen molar-refractivity contribution in [2.24, 2.45) is 0 Å². The van der Waals surface area contributed by atoms with Gasteiger partial charge in [0.05, 0.1) is 17.1 Å². The first-order valence-electron chi connectivity index (χ1n) is 7.56. The van der Waals surface area contributed by atoms with Gasteiger partial charge in [0.1, 0.15) is 5.82 Å². The Morgan fingerprint density at radius 3 is 2.68 bits per heavy atom. The van der Waals surface area contributed by atoms with E-state index in [9.17, 15) is 14.0 Å². The van der Waals surface area contributed by atoms with E-state index >= 15 is 0 Å². The van der Waals surface area contributed by atoms with E-state index in [2.05, 4.69) is 5.92 Å². The van der Waals surface area contributed by atoms with Crippen LogP contribution in [0, 0.1) is 32.0 Å². The van der Waals surface area contributed by atoms with Gasteiger partial charge in [0, 0.05) is 11.4 Å². The predicted molar refractivity (Wildman–Crippen MR) is 96.7 cm³/mol. The Labute approximate surface area is 149 Å². The summed E-state index contributed by atoms with van der Waals surface area (Å²) < 4.78 is 15.9. The molecule has 1 aromatic heterocycles. The summed E-state index contributed by atoms with van der Waals surface area (Å²) in [5.74, 6) is 1.58. The number of carbonyl (C=O) groups excluding carboxylic acids is 2. The highest BCUT2D eigenvalue weighted by atomic mass is 32.2. The van der Waals surface area contributed by atoms with Crippen LogP contribution in [0.5, 0.6) is 0 Å². The highest BCUT2D eigenvalue weighted by Gasteiger charge is 2.34. The highest BCUT2D eigenvalue weighted by molar-refractivity contribution is 8.18. The Bertz CT molecular complexity index is 953. The molecule has 0 saturated carbocycles. The largest absolute Gasteiger partial charge is 0.315 e. The van der Waals surface area contributed by atoms with E-state index < -0.39 is 5.91 Å². The summed E-state index contributed by atoms with van der Waals surface area (Å²) in [6.07, 6.45) is 6.85. The van der Waals surface area contributed by atoms with Gasteiger partial charge in [0.2, 0.25) is 0 Å². The fraction of sp³-hybridized carbons (Fsp3) is 0.158. The Morgan fingerprint density at radius 2 is 2.00 bits per heavy atom. The second kappa shape index (κ2) is 6.61. The smallest absolute Gasteiger partial charge is 0.294 e. The molecular weight excluding hydrogens is 339 g/mol. The minimum Gasteiger partial charge on any atom is -0.315 e. The lowest BCUT2D eigenvalue weighted by Crippen LogP contribution is -2.28. The second-order valence-corrected chi connectivity index (χ2v) is 6.58. The molecule has 0 radical (unpaired) electrons. The van der Waals surface area contributed by atoms with Crippen molar-refractivity contribution >= 4 is 29.0 Å². The van der Waals surface area contributed by atoms with Crippen LogP contribution < -0.4 is 0 Å². The molecule has 0 aliphatic carbocycles. The molecule has 1 fully saturated rings. The molecule has 1 aliphatic rings. The van der Waals surface area contributed by atoms with Crippen molar-refractivity contribution in [2.45, 2.75) is 13.8 Å². The van der Waals surface area contributed by atoms with Crippen LogP contribution in [0.15, 0.2) is 35.2 Å². The van der Waals surface area contributed by atoms with E-state index in [0.717, 1.165) is 33.6 Å². The number of benzene rings is 1. The predicted octanol–water partition coefficient (Wildman–Crippen LogP) is 3.90. The summed E-state index contributed by atoms with van der Waals surface area (Å²) >= 11 is 0.859. The molecule has 6 heteroatoms. The Balaban J connectivity index is 2.03. The monoisotopic (exact) mass is 354 g/mol. The van der Waals surface area contributed by atoms with Gasteiger partial charge in [-0.05, 0) is 55.4 Å². The summed E-state index contributed by atoms with van der Waals surface area (Å²) in [5.41, 5.74) is 2.81. The van der Waals surface area contributed by atoms with Gasteiger partial charge >= 0.3 is 0 Å². The van der Waals surface area contributed by atoms with Crippen molar-refractivity contribution in [3.63, 3.8) is 0 Å². The molecule has 0 unspecified atom stereocenters. The number of hydrogen-bond acceptors (Lipinski definition) is 3. The maximum atomic E-state index is 14.1. The molecule has 0 N–H and O–H groups in total. The molecular formula is C19H15FN2O2S. The maximum Gasteiger partial charge on any atom is 0.294 e. The number of aryl methyl sites for hydroxylation is 1.